The van der Waals surface area contributed by atoms with Crippen molar-refractivity contribution in [3.05, 3.63) is 104 Å². The van der Waals surface area contributed by atoms with Crippen LogP contribution in [0.4, 0.5) is 9.59 Å². The molecule has 3 aromatic rings. The van der Waals surface area contributed by atoms with Crippen LogP contribution in [0, 0.1) is 12.8 Å². The summed E-state index contributed by atoms with van der Waals surface area (Å²) in [4.78, 5) is 64.2. The molecule has 3 N–H and O–H groups in total. The van der Waals surface area contributed by atoms with E-state index in [1.807, 2.05) is 55.5 Å². The van der Waals surface area contributed by atoms with Crippen molar-refractivity contribution in [1.82, 2.24) is 16.0 Å². The molecule has 0 spiro atoms. The first-order valence-corrected chi connectivity index (χ1v) is 16.2. The van der Waals surface area contributed by atoms with E-state index in [1.165, 1.54) is 19.1 Å². The van der Waals surface area contributed by atoms with Crippen LogP contribution in [0.15, 0.2) is 60.7 Å². The van der Waals surface area contributed by atoms with E-state index in [0.717, 1.165) is 35.1 Å². The molecule has 254 valence electrons. The number of Topliss-reactive ketones (excluding diaryl/α,β-unsaturated/α-hetero) is 1. The summed E-state index contributed by atoms with van der Waals surface area (Å²) in [5.41, 5.74) is 4.15. The van der Waals surface area contributed by atoms with Crippen molar-refractivity contribution in [2.24, 2.45) is 5.92 Å². The highest BCUT2D eigenvalue weighted by Crippen LogP contribution is 2.31. The number of hydrogen-bond acceptors (Lipinski definition) is 8. The van der Waals surface area contributed by atoms with Crippen LogP contribution >= 0.6 is 23.2 Å². The standard InChI is InChI=1S/C35H37Cl2N3O8/c1-4-46-35(45)48-21(3)47-33(43)25(19-39-34(44)40-29-13-12-23-10-5-6-11-26(23)29)17-30(41)31-27(36)15-24(16-28(31)37)32(42)38-18-22-9-7-8-20(2)14-22/h5-11,14-16,21,25,29H,4,12-13,17-19H2,1-3H3,(H,38,42)(H2,39,40,44). The smallest absolute Gasteiger partial charge is 0.435 e. The maximum absolute atomic E-state index is 13.5. The third-order valence-electron chi connectivity index (χ3n) is 7.64. The van der Waals surface area contributed by atoms with Crippen LogP contribution in [-0.4, -0.2) is 49.3 Å². The third-order valence-corrected chi connectivity index (χ3v) is 8.23. The van der Waals surface area contributed by atoms with Crippen molar-refractivity contribution in [3.63, 3.8) is 0 Å². The van der Waals surface area contributed by atoms with E-state index in [0.29, 0.717) is 0 Å². The van der Waals surface area contributed by atoms with Crippen LogP contribution in [0.2, 0.25) is 10.0 Å². The summed E-state index contributed by atoms with van der Waals surface area (Å²) in [5.74, 6) is -3.23. The number of benzene rings is 3. The number of fused-ring (bicyclic) bond motifs is 1. The van der Waals surface area contributed by atoms with Crippen LogP contribution in [0.3, 0.4) is 0 Å². The van der Waals surface area contributed by atoms with Gasteiger partial charge in [-0.3, -0.25) is 14.4 Å². The Kier molecular flexibility index (Phi) is 12.8. The van der Waals surface area contributed by atoms with E-state index >= 15 is 0 Å². The Hall–Kier alpha value is -4.61. The van der Waals surface area contributed by atoms with Gasteiger partial charge >= 0.3 is 18.2 Å². The summed E-state index contributed by atoms with van der Waals surface area (Å²) in [6.07, 6.45) is -1.33. The minimum Gasteiger partial charge on any atom is -0.435 e. The van der Waals surface area contributed by atoms with Gasteiger partial charge in [-0.25, -0.2) is 9.59 Å². The molecule has 3 atom stereocenters. The number of carbonyl (C=O) groups excluding carboxylic acids is 5. The highest BCUT2D eigenvalue weighted by molar-refractivity contribution is 6.40. The van der Waals surface area contributed by atoms with Gasteiger partial charge in [0.25, 0.3) is 5.91 Å². The maximum Gasteiger partial charge on any atom is 0.511 e. The lowest BCUT2D eigenvalue weighted by Gasteiger charge is -2.21. The highest BCUT2D eigenvalue weighted by atomic mass is 35.5. The molecule has 3 amide bonds. The maximum atomic E-state index is 13.5. The van der Waals surface area contributed by atoms with Crippen molar-refractivity contribution >= 4 is 53.0 Å². The van der Waals surface area contributed by atoms with Gasteiger partial charge in [0.15, 0.2) is 5.78 Å². The Morgan fingerprint density at radius 3 is 2.38 bits per heavy atom. The molecule has 0 aliphatic heterocycles. The minimum absolute atomic E-state index is 0.0514. The van der Waals surface area contributed by atoms with Gasteiger partial charge < -0.3 is 30.2 Å². The van der Waals surface area contributed by atoms with E-state index in [4.69, 9.17) is 37.4 Å². The molecule has 13 heteroatoms. The Morgan fingerprint density at radius 2 is 1.67 bits per heavy atom. The van der Waals surface area contributed by atoms with Crippen molar-refractivity contribution < 1.29 is 38.2 Å². The van der Waals surface area contributed by atoms with Gasteiger partial charge in [0, 0.05) is 32.0 Å². The van der Waals surface area contributed by atoms with Gasteiger partial charge in [0.1, 0.15) is 0 Å². The number of urea groups is 1. The molecular formula is C35H37Cl2N3O8. The summed E-state index contributed by atoms with van der Waals surface area (Å²) in [5, 5.41) is 8.16. The molecule has 0 radical (unpaired) electrons. The lowest BCUT2D eigenvalue weighted by Crippen LogP contribution is -2.42. The molecule has 0 fully saturated rings. The quantitative estimate of drug-likeness (QED) is 0.105. The van der Waals surface area contributed by atoms with Gasteiger partial charge in [-0.15, -0.1) is 0 Å². The molecule has 0 bridgehead atoms. The summed E-state index contributed by atoms with van der Waals surface area (Å²) in [6.45, 7) is 4.86. The average molecular weight is 699 g/mol. The topological polar surface area (TPSA) is 149 Å². The Bertz CT molecular complexity index is 1660. The number of esters is 1. The monoisotopic (exact) mass is 697 g/mol. The number of ether oxygens (including phenoxy) is 3. The average Bonchev–Trinajstić information content (AvgIpc) is 3.43. The number of aryl methyl sites for hydroxylation is 2. The van der Waals surface area contributed by atoms with Gasteiger partial charge in [-0.1, -0.05) is 77.3 Å². The second-order valence-corrected chi connectivity index (χ2v) is 12.1. The molecule has 3 unspecified atom stereocenters. The molecule has 1 aliphatic rings. The van der Waals surface area contributed by atoms with Crippen LogP contribution in [-0.2, 0) is 32.0 Å². The van der Waals surface area contributed by atoms with Crippen LogP contribution in [0.1, 0.15) is 75.7 Å². The van der Waals surface area contributed by atoms with E-state index < -0.39 is 48.5 Å². The van der Waals surface area contributed by atoms with E-state index in [9.17, 15) is 24.0 Å². The highest BCUT2D eigenvalue weighted by Gasteiger charge is 2.30. The van der Waals surface area contributed by atoms with Gasteiger partial charge in [0.05, 0.1) is 34.2 Å². The van der Waals surface area contributed by atoms with Crippen molar-refractivity contribution in [2.75, 3.05) is 13.2 Å². The van der Waals surface area contributed by atoms with Crippen LogP contribution in [0.5, 0.6) is 0 Å². The Morgan fingerprint density at radius 1 is 0.938 bits per heavy atom. The number of rotatable bonds is 13. The normalized spacial score (nSPS) is 14.6. The third kappa shape index (κ3) is 9.95. The predicted molar refractivity (Wildman–Crippen MR) is 179 cm³/mol. The fourth-order valence-electron chi connectivity index (χ4n) is 5.35. The van der Waals surface area contributed by atoms with Crippen molar-refractivity contribution in [2.45, 2.75) is 58.9 Å². The summed E-state index contributed by atoms with van der Waals surface area (Å²) in [7, 11) is 0. The fourth-order valence-corrected chi connectivity index (χ4v) is 6.04. The first kappa shape index (κ1) is 36.2. The van der Waals surface area contributed by atoms with Gasteiger partial charge in [-0.2, -0.15) is 0 Å². The molecule has 4 rings (SSSR count). The first-order valence-electron chi connectivity index (χ1n) is 15.5. The lowest BCUT2D eigenvalue weighted by molar-refractivity contribution is -0.172. The second-order valence-electron chi connectivity index (χ2n) is 11.3. The number of hydrogen-bond donors (Lipinski definition) is 3. The summed E-state index contributed by atoms with van der Waals surface area (Å²) in [6, 6.07) is 17.3. The lowest BCUT2D eigenvalue weighted by atomic mass is 9.97. The van der Waals surface area contributed by atoms with Crippen LogP contribution in [0.25, 0.3) is 0 Å². The SMILES string of the molecule is CCOC(=O)OC(C)OC(=O)C(CNC(=O)NC1CCc2ccccc21)CC(=O)c1c(Cl)cc(C(=O)NCc2cccc(C)c2)cc1Cl. The molecule has 1 aliphatic carbocycles. The van der Waals surface area contributed by atoms with Crippen molar-refractivity contribution in [3.8, 4) is 0 Å². The zero-order chi connectivity index (χ0) is 34.8. The second kappa shape index (κ2) is 17.0. The molecule has 48 heavy (non-hydrogen) atoms. The number of nitrogens with one attached hydrogen (secondary N) is 3. The molecule has 0 saturated carbocycles. The summed E-state index contributed by atoms with van der Waals surface area (Å²) < 4.78 is 14.9. The van der Waals surface area contributed by atoms with E-state index in [2.05, 4.69) is 16.0 Å². The zero-order valence-corrected chi connectivity index (χ0v) is 28.3. The summed E-state index contributed by atoms with van der Waals surface area (Å²) >= 11 is 12.9. The Labute approximate surface area is 288 Å². The molecular weight excluding hydrogens is 661 g/mol. The molecule has 11 nitrogen and oxygen atoms in total. The largest absolute Gasteiger partial charge is 0.511 e. The number of carbonyl (C=O) groups is 5. The molecule has 0 saturated heterocycles. The molecule has 0 aromatic heterocycles. The van der Waals surface area contributed by atoms with Crippen molar-refractivity contribution in [1.29, 1.82) is 0 Å². The Balaban J connectivity index is 1.44. The number of amides is 3. The zero-order valence-electron chi connectivity index (χ0n) is 26.8. The first-order chi connectivity index (χ1) is 22.9. The van der Waals surface area contributed by atoms with E-state index in [-0.39, 0.29) is 46.9 Å². The molecule has 0 heterocycles. The fraction of sp³-hybridized carbons (Fsp3) is 0.343. The van der Waals surface area contributed by atoms with E-state index in [1.54, 1.807) is 6.92 Å². The number of ketones is 1. The number of halogens is 2. The van der Waals surface area contributed by atoms with Gasteiger partial charge in [-0.05, 0) is 55.5 Å². The molecule has 3 aromatic carbocycles. The predicted octanol–water partition coefficient (Wildman–Crippen LogP) is 6.47. The van der Waals surface area contributed by atoms with Crippen LogP contribution < -0.4 is 16.0 Å². The van der Waals surface area contributed by atoms with Gasteiger partial charge in [0.2, 0.25) is 6.29 Å². The minimum atomic E-state index is -1.34.